The van der Waals surface area contributed by atoms with Gasteiger partial charge in [0, 0.05) is 37.4 Å². The lowest BCUT2D eigenvalue weighted by atomic mass is 9.94. The largest absolute Gasteiger partial charge is 0.371 e. The van der Waals surface area contributed by atoms with Gasteiger partial charge in [0.2, 0.25) is 0 Å². The van der Waals surface area contributed by atoms with Crippen molar-refractivity contribution < 1.29 is 4.79 Å². The first kappa shape index (κ1) is 19.1. The molecule has 1 fully saturated rings. The number of ketones is 1. The van der Waals surface area contributed by atoms with Crippen LogP contribution in [0.5, 0.6) is 0 Å². The van der Waals surface area contributed by atoms with Gasteiger partial charge < -0.3 is 9.80 Å². The Morgan fingerprint density at radius 2 is 1.89 bits per heavy atom. The van der Waals surface area contributed by atoms with Crippen molar-refractivity contribution in [2.24, 2.45) is 5.92 Å². The quantitative estimate of drug-likeness (QED) is 0.727. The molecule has 0 aromatic heterocycles. The Balaban J connectivity index is 1.59. The summed E-state index contributed by atoms with van der Waals surface area (Å²) >= 11 is 0. The molecule has 140 valence electrons. The van der Waals surface area contributed by atoms with Gasteiger partial charge in [-0.05, 0) is 56.5 Å². The summed E-state index contributed by atoms with van der Waals surface area (Å²) in [5, 5.41) is 9.19. The average Bonchev–Trinajstić information content (AvgIpc) is 2.68. The first-order valence-electron chi connectivity index (χ1n) is 9.59. The van der Waals surface area contributed by atoms with E-state index in [1.807, 2.05) is 6.07 Å². The molecule has 2 aromatic rings. The van der Waals surface area contributed by atoms with E-state index in [1.165, 1.54) is 5.56 Å². The lowest BCUT2D eigenvalue weighted by Gasteiger charge is -2.36. The lowest BCUT2D eigenvalue weighted by Crippen LogP contribution is -2.38. The van der Waals surface area contributed by atoms with Crippen molar-refractivity contribution in [1.29, 1.82) is 5.26 Å². The number of nitriles is 1. The number of carbonyl (C=O) groups is 1. The number of hydrogen-bond acceptors (Lipinski definition) is 4. The number of nitrogens with zero attached hydrogens (tertiary/aromatic N) is 3. The topological polar surface area (TPSA) is 47.3 Å². The van der Waals surface area contributed by atoms with E-state index in [9.17, 15) is 10.1 Å². The molecule has 1 aliphatic rings. The molecule has 1 aliphatic heterocycles. The molecule has 4 nitrogen and oxygen atoms in total. The van der Waals surface area contributed by atoms with Crippen molar-refractivity contribution in [1.82, 2.24) is 4.90 Å². The number of rotatable bonds is 6. The second-order valence-electron chi connectivity index (χ2n) is 7.51. The maximum Gasteiger partial charge on any atom is 0.161 e. The molecule has 1 saturated heterocycles. The summed E-state index contributed by atoms with van der Waals surface area (Å²) in [6.45, 7) is 5.51. The SMILES string of the molecule is CC(=O)c1ccc(C#N)cc1N1CCC(CN(C)Cc2ccccc2)CC1. The zero-order valence-electron chi connectivity index (χ0n) is 16.2. The van der Waals surface area contributed by atoms with E-state index in [2.05, 4.69) is 53.2 Å². The highest BCUT2D eigenvalue weighted by atomic mass is 16.1. The van der Waals surface area contributed by atoms with Gasteiger partial charge >= 0.3 is 0 Å². The summed E-state index contributed by atoms with van der Waals surface area (Å²) in [4.78, 5) is 16.6. The molecule has 4 heteroatoms. The number of hydrogen-bond donors (Lipinski definition) is 0. The van der Waals surface area contributed by atoms with Crippen molar-refractivity contribution in [3.05, 3.63) is 65.2 Å². The molecule has 27 heavy (non-hydrogen) atoms. The smallest absolute Gasteiger partial charge is 0.161 e. The van der Waals surface area contributed by atoms with E-state index in [0.717, 1.165) is 44.7 Å². The summed E-state index contributed by atoms with van der Waals surface area (Å²) in [5.41, 5.74) is 3.59. The van der Waals surface area contributed by atoms with Crippen LogP contribution in [0.4, 0.5) is 5.69 Å². The van der Waals surface area contributed by atoms with Crippen LogP contribution in [0.2, 0.25) is 0 Å². The molecule has 0 unspecified atom stereocenters. The van der Waals surface area contributed by atoms with Gasteiger partial charge in [-0.3, -0.25) is 4.79 Å². The Morgan fingerprint density at radius 3 is 2.52 bits per heavy atom. The third-order valence-electron chi connectivity index (χ3n) is 5.33. The molecular weight excluding hydrogens is 334 g/mol. The summed E-state index contributed by atoms with van der Waals surface area (Å²) in [7, 11) is 2.18. The van der Waals surface area contributed by atoms with E-state index in [4.69, 9.17) is 0 Å². The van der Waals surface area contributed by atoms with Gasteiger partial charge in [0.25, 0.3) is 0 Å². The van der Waals surface area contributed by atoms with E-state index in [-0.39, 0.29) is 5.78 Å². The fraction of sp³-hybridized carbons (Fsp3) is 0.391. The van der Waals surface area contributed by atoms with Crippen molar-refractivity contribution in [3.8, 4) is 6.07 Å². The van der Waals surface area contributed by atoms with Crippen molar-refractivity contribution in [3.63, 3.8) is 0 Å². The van der Waals surface area contributed by atoms with Crippen LogP contribution in [0, 0.1) is 17.2 Å². The van der Waals surface area contributed by atoms with Gasteiger partial charge in [-0.25, -0.2) is 0 Å². The Bertz CT molecular complexity index is 817. The highest BCUT2D eigenvalue weighted by Gasteiger charge is 2.23. The van der Waals surface area contributed by atoms with E-state index >= 15 is 0 Å². The molecule has 0 aliphatic carbocycles. The zero-order valence-corrected chi connectivity index (χ0v) is 16.2. The fourth-order valence-corrected chi connectivity index (χ4v) is 3.92. The number of anilines is 1. The normalized spacial score (nSPS) is 15.0. The highest BCUT2D eigenvalue weighted by molar-refractivity contribution is 6.00. The summed E-state index contributed by atoms with van der Waals surface area (Å²) < 4.78 is 0. The Labute approximate surface area is 162 Å². The number of Topliss-reactive ketones (excluding diaryl/α,β-unsaturated/α-hetero) is 1. The van der Waals surface area contributed by atoms with Gasteiger partial charge in [-0.15, -0.1) is 0 Å². The number of piperidine rings is 1. The molecular formula is C23H27N3O. The van der Waals surface area contributed by atoms with Crippen LogP contribution < -0.4 is 4.90 Å². The standard InChI is InChI=1S/C23H27N3O/c1-18(27)22-9-8-21(15-24)14-23(22)26-12-10-20(11-13-26)17-25(2)16-19-6-4-3-5-7-19/h3-9,14,20H,10-13,16-17H2,1-2H3. The molecule has 0 atom stereocenters. The van der Waals surface area contributed by atoms with E-state index in [1.54, 1.807) is 19.1 Å². The summed E-state index contributed by atoms with van der Waals surface area (Å²) in [6.07, 6.45) is 2.21. The molecule has 0 bridgehead atoms. The maximum atomic E-state index is 12.0. The molecule has 0 N–H and O–H groups in total. The fourth-order valence-electron chi connectivity index (χ4n) is 3.92. The monoisotopic (exact) mass is 361 g/mol. The van der Waals surface area contributed by atoms with Crippen LogP contribution in [0.15, 0.2) is 48.5 Å². The van der Waals surface area contributed by atoms with Crippen LogP contribution in [0.1, 0.15) is 41.3 Å². The molecule has 1 heterocycles. The van der Waals surface area contributed by atoms with Gasteiger partial charge in [-0.1, -0.05) is 30.3 Å². The minimum Gasteiger partial charge on any atom is -0.371 e. The van der Waals surface area contributed by atoms with Crippen LogP contribution in [-0.4, -0.2) is 37.4 Å². The predicted molar refractivity (Wildman–Crippen MR) is 109 cm³/mol. The van der Waals surface area contributed by atoms with Crippen LogP contribution in [0.25, 0.3) is 0 Å². The van der Waals surface area contributed by atoms with Gasteiger partial charge in [0.1, 0.15) is 0 Å². The Morgan fingerprint density at radius 1 is 1.19 bits per heavy atom. The van der Waals surface area contributed by atoms with Gasteiger partial charge in [-0.2, -0.15) is 5.26 Å². The average molecular weight is 361 g/mol. The minimum absolute atomic E-state index is 0.0548. The highest BCUT2D eigenvalue weighted by Crippen LogP contribution is 2.28. The summed E-state index contributed by atoms with van der Waals surface area (Å²) in [5.74, 6) is 0.717. The zero-order chi connectivity index (χ0) is 19.2. The maximum absolute atomic E-state index is 12.0. The van der Waals surface area contributed by atoms with Crippen LogP contribution in [-0.2, 0) is 6.54 Å². The Kier molecular flexibility index (Phi) is 6.26. The van der Waals surface area contributed by atoms with Gasteiger partial charge in [0.05, 0.1) is 11.6 Å². The lowest BCUT2D eigenvalue weighted by molar-refractivity contribution is 0.101. The second kappa shape index (κ2) is 8.83. The molecule has 0 radical (unpaired) electrons. The van der Waals surface area contributed by atoms with Gasteiger partial charge in [0.15, 0.2) is 5.78 Å². The minimum atomic E-state index is 0.0548. The third-order valence-corrected chi connectivity index (χ3v) is 5.33. The first-order valence-corrected chi connectivity index (χ1v) is 9.59. The van der Waals surface area contributed by atoms with Crippen molar-refractivity contribution in [2.75, 3.05) is 31.6 Å². The number of benzene rings is 2. The molecule has 0 saturated carbocycles. The van der Waals surface area contributed by atoms with E-state index in [0.29, 0.717) is 17.0 Å². The molecule has 3 rings (SSSR count). The molecule has 0 amide bonds. The number of carbonyl (C=O) groups excluding carboxylic acids is 1. The molecule has 0 spiro atoms. The predicted octanol–water partition coefficient (Wildman–Crippen LogP) is 4.11. The Hall–Kier alpha value is -2.64. The van der Waals surface area contributed by atoms with Crippen LogP contribution in [0.3, 0.4) is 0 Å². The molecule has 2 aromatic carbocycles. The second-order valence-corrected chi connectivity index (χ2v) is 7.51. The third kappa shape index (κ3) is 4.96. The summed E-state index contributed by atoms with van der Waals surface area (Å²) in [6, 6.07) is 18.1. The van der Waals surface area contributed by atoms with Crippen molar-refractivity contribution in [2.45, 2.75) is 26.3 Å². The van der Waals surface area contributed by atoms with Crippen molar-refractivity contribution >= 4 is 11.5 Å². The van der Waals surface area contributed by atoms with Crippen LogP contribution >= 0.6 is 0 Å². The van der Waals surface area contributed by atoms with E-state index < -0.39 is 0 Å². The first-order chi connectivity index (χ1) is 13.1.